The molecule has 1 aliphatic rings. The van der Waals surface area contributed by atoms with Gasteiger partial charge in [0.1, 0.15) is 18.9 Å². The minimum absolute atomic E-state index is 0.115. The van der Waals surface area contributed by atoms with Gasteiger partial charge in [0.25, 0.3) is 0 Å². The molecule has 30 heavy (non-hydrogen) atoms. The van der Waals surface area contributed by atoms with Crippen molar-refractivity contribution in [3.8, 4) is 5.75 Å². The lowest BCUT2D eigenvalue weighted by Crippen LogP contribution is -2.35. The van der Waals surface area contributed by atoms with Gasteiger partial charge >= 0.3 is 6.03 Å². The summed E-state index contributed by atoms with van der Waals surface area (Å²) in [4.78, 5) is 26.3. The Hall–Kier alpha value is -2.28. The summed E-state index contributed by atoms with van der Waals surface area (Å²) in [5.74, 6) is 0.545. The summed E-state index contributed by atoms with van der Waals surface area (Å²) in [5.41, 5.74) is 3.18. The largest absolute Gasteiger partial charge is 0.491 e. The number of aryl methyl sites for hydroxylation is 1. The molecule has 6 nitrogen and oxygen atoms in total. The SMILES string of the molecule is Cc1cc(CNC(C)c2ccc(Cl)c(Cl)c2)ccc1OCCN1C(=O)CN(C)C1=O. The maximum absolute atomic E-state index is 11.9. The van der Waals surface area contributed by atoms with E-state index in [1.165, 1.54) is 9.80 Å². The predicted molar refractivity (Wildman–Crippen MR) is 118 cm³/mol. The van der Waals surface area contributed by atoms with Crippen molar-refractivity contribution < 1.29 is 14.3 Å². The summed E-state index contributed by atoms with van der Waals surface area (Å²) in [6.45, 7) is 5.36. The molecule has 2 aromatic carbocycles. The number of imide groups is 1. The highest BCUT2D eigenvalue weighted by atomic mass is 35.5. The van der Waals surface area contributed by atoms with Crippen LogP contribution in [0.5, 0.6) is 5.75 Å². The molecule has 3 rings (SSSR count). The summed E-state index contributed by atoms with van der Waals surface area (Å²) < 4.78 is 5.79. The van der Waals surface area contributed by atoms with E-state index in [1.807, 2.05) is 31.2 Å². The monoisotopic (exact) mass is 449 g/mol. The van der Waals surface area contributed by atoms with Gasteiger partial charge in [0, 0.05) is 19.6 Å². The lowest BCUT2D eigenvalue weighted by Gasteiger charge is -2.17. The zero-order chi connectivity index (χ0) is 21.8. The van der Waals surface area contributed by atoms with E-state index in [4.69, 9.17) is 27.9 Å². The van der Waals surface area contributed by atoms with Gasteiger partial charge in [0.15, 0.2) is 0 Å². The van der Waals surface area contributed by atoms with Crippen molar-refractivity contribution in [1.82, 2.24) is 15.1 Å². The molecule has 1 fully saturated rings. The van der Waals surface area contributed by atoms with Crippen LogP contribution in [0.1, 0.15) is 29.7 Å². The Labute approximate surface area is 186 Å². The predicted octanol–water partition coefficient (Wildman–Crippen LogP) is 4.43. The average Bonchev–Trinajstić information content (AvgIpc) is 2.95. The number of benzene rings is 2. The number of nitrogens with zero attached hydrogens (tertiary/aromatic N) is 2. The number of carbonyl (C=O) groups is 2. The Kier molecular flexibility index (Phi) is 7.23. The van der Waals surface area contributed by atoms with Crippen LogP contribution in [-0.2, 0) is 11.3 Å². The molecule has 0 aromatic heterocycles. The lowest BCUT2D eigenvalue weighted by atomic mass is 10.1. The summed E-state index contributed by atoms with van der Waals surface area (Å²) >= 11 is 12.1. The molecule has 1 heterocycles. The van der Waals surface area contributed by atoms with Crippen LogP contribution in [0.2, 0.25) is 10.0 Å². The van der Waals surface area contributed by atoms with Crippen LogP contribution in [0.15, 0.2) is 36.4 Å². The first-order chi connectivity index (χ1) is 14.3. The van der Waals surface area contributed by atoms with Gasteiger partial charge in [-0.1, -0.05) is 41.4 Å². The number of carbonyl (C=O) groups excluding carboxylic acids is 2. The standard InChI is InChI=1S/C22H25Cl2N3O3/c1-14-10-16(12-25-15(2)17-5-6-18(23)19(24)11-17)4-7-20(14)30-9-8-27-21(28)13-26(3)22(27)29/h4-7,10-11,15,25H,8-9,12-13H2,1-3H3. The highest BCUT2D eigenvalue weighted by Crippen LogP contribution is 2.26. The normalized spacial score (nSPS) is 15.1. The molecule has 0 saturated carbocycles. The number of urea groups is 1. The molecule has 160 valence electrons. The second-order valence-corrected chi connectivity index (χ2v) is 8.22. The van der Waals surface area contributed by atoms with Crippen LogP contribution >= 0.6 is 23.2 Å². The van der Waals surface area contributed by atoms with Gasteiger partial charge in [0.05, 0.1) is 16.6 Å². The van der Waals surface area contributed by atoms with Gasteiger partial charge in [-0.25, -0.2) is 4.79 Å². The van der Waals surface area contributed by atoms with Gasteiger partial charge in [-0.3, -0.25) is 9.69 Å². The zero-order valence-electron chi connectivity index (χ0n) is 17.2. The highest BCUT2D eigenvalue weighted by Gasteiger charge is 2.33. The van der Waals surface area contributed by atoms with E-state index in [1.54, 1.807) is 13.1 Å². The Morgan fingerprint density at radius 3 is 2.53 bits per heavy atom. The van der Waals surface area contributed by atoms with E-state index in [0.29, 0.717) is 16.6 Å². The Balaban J connectivity index is 1.51. The lowest BCUT2D eigenvalue weighted by molar-refractivity contribution is -0.125. The minimum Gasteiger partial charge on any atom is -0.491 e. The fourth-order valence-electron chi connectivity index (χ4n) is 3.29. The van der Waals surface area contributed by atoms with Crippen molar-refractivity contribution in [3.63, 3.8) is 0 Å². The number of rotatable bonds is 8. The Morgan fingerprint density at radius 1 is 1.13 bits per heavy atom. The van der Waals surface area contributed by atoms with E-state index in [0.717, 1.165) is 22.4 Å². The molecular weight excluding hydrogens is 425 g/mol. The molecule has 0 bridgehead atoms. The topological polar surface area (TPSA) is 61.9 Å². The molecule has 2 aromatic rings. The summed E-state index contributed by atoms with van der Waals surface area (Å²) in [6.07, 6.45) is 0. The third-order valence-corrected chi connectivity index (χ3v) is 5.84. The molecule has 3 amide bonds. The first-order valence-corrected chi connectivity index (χ1v) is 10.5. The van der Waals surface area contributed by atoms with Gasteiger partial charge in [-0.15, -0.1) is 0 Å². The van der Waals surface area contributed by atoms with E-state index in [-0.39, 0.29) is 37.7 Å². The highest BCUT2D eigenvalue weighted by molar-refractivity contribution is 6.42. The third-order valence-electron chi connectivity index (χ3n) is 5.10. The first-order valence-electron chi connectivity index (χ1n) is 9.72. The molecule has 0 radical (unpaired) electrons. The van der Waals surface area contributed by atoms with Crippen LogP contribution < -0.4 is 10.1 Å². The number of nitrogens with one attached hydrogen (secondary N) is 1. The fourth-order valence-corrected chi connectivity index (χ4v) is 3.60. The second-order valence-electron chi connectivity index (χ2n) is 7.41. The molecule has 1 aliphatic heterocycles. The number of amides is 3. The van der Waals surface area contributed by atoms with Crippen molar-refractivity contribution in [2.75, 3.05) is 26.7 Å². The molecule has 8 heteroatoms. The van der Waals surface area contributed by atoms with E-state index < -0.39 is 0 Å². The first kappa shape index (κ1) is 22.4. The molecular formula is C22H25Cl2N3O3. The quantitative estimate of drug-likeness (QED) is 0.605. The van der Waals surface area contributed by atoms with Crippen LogP contribution in [0.3, 0.4) is 0 Å². The van der Waals surface area contributed by atoms with Crippen LogP contribution in [0, 0.1) is 6.92 Å². The third kappa shape index (κ3) is 5.25. The fraction of sp³-hybridized carbons (Fsp3) is 0.364. The summed E-state index contributed by atoms with van der Waals surface area (Å²) in [7, 11) is 1.61. The maximum atomic E-state index is 11.9. The van der Waals surface area contributed by atoms with Crippen molar-refractivity contribution in [2.45, 2.75) is 26.4 Å². The molecule has 0 aliphatic carbocycles. The average molecular weight is 450 g/mol. The Morgan fingerprint density at radius 2 is 1.90 bits per heavy atom. The van der Waals surface area contributed by atoms with Crippen LogP contribution in [0.25, 0.3) is 0 Å². The van der Waals surface area contributed by atoms with Gasteiger partial charge in [-0.05, 0) is 48.7 Å². The number of likely N-dealkylation sites (N-methyl/N-ethyl adjacent to an activating group) is 1. The summed E-state index contributed by atoms with van der Waals surface area (Å²) in [5, 5.41) is 4.56. The van der Waals surface area contributed by atoms with Crippen molar-refractivity contribution in [3.05, 3.63) is 63.1 Å². The second kappa shape index (κ2) is 9.69. The maximum Gasteiger partial charge on any atom is 0.327 e. The number of hydrogen-bond donors (Lipinski definition) is 1. The smallest absolute Gasteiger partial charge is 0.327 e. The van der Waals surface area contributed by atoms with E-state index in [2.05, 4.69) is 18.3 Å². The minimum atomic E-state index is -0.280. The number of hydrogen-bond acceptors (Lipinski definition) is 4. The molecule has 0 spiro atoms. The van der Waals surface area contributed by atoms with E-state index >= 15 is 0 Å². The number of ether oxygens (including phenoxy) is 1. The van der Waals surface area contributed by atoms with Gasteiger partial charge in [-0.2, -0.15) is 0 Å². The summed E-state index contributed by atoms with van der Waals surface area (Å²) in [6, 6.07) is 11.4. The van der Waals surface area contributed by atoms with Gasteiger partial charge < -0.3 is 15.0 Å². The van der Waals surface area contributed by atoms with E-state index in [9.17, 15) is 9.59 Å². The van der Waals surface area contributed by atoms with Gasteiger partial charge in [0.2, 0.25) is 5.91 Å². The van der Waals surface area contributed by atoms with Crippen LogP contribution in [0.4, 0.5) is 4.79 Å². The molecule has 1 unspecified atom stereocenters. The molecule has 1 N–H and O–H groups in total. The zero-order valence-corrected chi connectivity index (χ0v) is 18.8. The van der Waals surface area contributed by atoms with Crippen molar-refractivity contribution in [1.29, 1.82) is 0 Å². The molecule has 1 atom stereocenters. The number of halogens is 2. The Bertz CT molecular complexity index is 951. The van der Waals surface area contributed by atoms with Crippen LogP contribution in [-0.4, -0.2) is 48.5 Å². The molecule has 1 saturated heterocycles. The van der Waals surface area contributed by atoms with Crippen molar-refractivity contribution >= 4 is 35.1 Å². The van der Waals surface area contributed by atoms with Crippen molar-refractivity contribution in [2.24, 2.45) is 0 Å².